The summed E-state index contributed by atoms with van der Waals surface area (Å²) in [6.45, 7) is 3.09. The molecule has 3 amide bonds. The first-order chi connectivity index (χ1) is 18.4. The summed E-state index contributed by atoms with van der Waals surface area (Å²) in [5.41, 5.74) is 3.19. The Morgan fingerprint density at radius 1 is 1.11 bits per heavy atom. The summed E-state index contributed by atoms with van der Waals surface area (Å²) < 4.78 is 7.50. The lowest BCUT2D eigenvalue weighted by Gasteiger charge is -2.12. The Morgan fingerprint density at radius 2 is 1.92 bits per heavy atom. The highest BCUT2D eigenvalue weighted by atomic mass is 32.2. The highest BCUT2D eigenvalue weighted by molar-refractivity contribution is 8.18. The fourth-order valence-electron chi connectivity index (χ4n) is 4.87. The molecule has 2 fully saturated rings. The second-order valence-corrected chi connectivity index (χ2v) is 10.4. The number of aromatic nitrogens is 1. The van der Waals surface area contributed by atoms with Crippen LogP contribution in [0.1, 0.15) is 41.3 Å². The van der Waals surface area contributed by atoms with Crippen LogP contribution in [0.25, 0.3) is 17.0 Å². The van der Waals surface area contributed by atoms with E-state index in [4.69, 9.17) is 4.74 Å². The number of carbonyl (C=O) groups excluding carboxylic acids is 4. The summed E-state index contributed by atoms with van der Waals surface area (Å²) in [6.07, 6.45) is 6.32. The maximum Gasteiger partial charge on any atom is 0.293 e. The number of nitrogens with zero attached hydrogens (tertiary/aromatic N) is 2. The molecule has 1 N–H and O–H groups in total. The molecule has 3 aromatic rings. The summed E-state index contributed by atoms with van der Waals surface area (Å²) in [5.74, 6) is -0.909. The fourth-order valence-corrected chi connectivity index (χ4v) is 5.70. The van der Waals surface area contributed by atoms with Gasteiger partial charge < -0.3 is 14.6 Å². The lowest BCUT2D eigenvalue weighted by Crippen LogP contribution is -2.34. The van der Waals surface area contributed by atoms with Gasteiger partial charge in [0.25, 0.3) is 11.1 Å². The molecule has 5 rings (SSSR count). The van der Waals surface area contributed by atoms with E-state index < -0.39 is 11.1 Å². The fraction of sp³-hybridized carbons (Fsp3) is 0.310. The maximum atomic E-state index is 13.1. The van der Waals surface area contributed by atoms with Gasteiger partial charge in [0.2, 0.25) is 5.91 Å². The Hall–Kier alpha value is -3.69. The zero-order valence-electron chi connectivity index (χ0n) is 21.1. The molecule has 38 heavy (non-hydrogen) atoms. The Labute approximate surface area is 225 Å². The molecule has 8 nitrogen and oxygen atoms in total. The number of ether oxygens (including phenoxy) is 1. The van der Waals surface area contributed by atoms with Gasteiger partial charge in [-0.3, -0.25) is 24.1 Å². The number of amides is 3. The summed E-state index contributed by atoms with van der Waals surface area (Å²) in [7, 11) is 0. The third-order valence-electron chi connectivity index (χ3n) is 6.82. The molecular weight excluding hydrogens is 502 g/mol. The van der Waals surface area contributed by atoms with E-state index >= 15 is 0 Å². The molecular formula is C29H29N3O5S. The number of imide groups is 1. The van der Waals surface area contributed by atoms with Gasteiger partial charge in [-0.15, -0.1) is 0 Å². The first-order valence-corrected chi connectivity index (χ1v) is 13.6. The zero-order valence-corrected chi connectivity index (χ0v) is 22.0. The van der Waals surface area contributed by atoms with Crippen LogP contribution in [0.5, 0.6) is 0 Å². The molecule has 2 aliphatic heterocycles. The lowest BCUT2D eigenvalue weighted by molar-refractivity contribution is -0.123. The molecule has 1 aromatic heterocycles. The smallest absolute Gasteiger partial charge is 0.293 e. The van der Waals surface area contributed by atoms with Crippen molar-refractivity contribution in [3.63, 3.8) is 0 Å². The number of aryl methyl sites for hydroxylation is 1. The predicted molar refractivity (Wildman–Crippen MR) is 147 cm³/mol. The number of fused-ring (bicyclic) bond motifs is 1. The van der Waals surface area contributed by atoms with Gasteiger partial charge in [-0.2, -0.15) is 0 Å². The van der Waals surface area contributed by atoms with Gasteiger partial charge in [-0.05, 0) is 42.7 Å². The van der Waals surface area contributed by atoms with Crippen LogP contribution in [0.15, 0.2) is 59.6 Å². The first-order valence-electron chi connectivity index (χ1n) is 12.8. The Morgan fingerprint density at radius 3 is 2.66 bits per heavy atom. The molecule has 0 radical (unpaired) electrons. The molecule has 0 spiro atoms. The van der Waals surface area contributed by atoms with Crippen LogP contribution in [-0.4, -0.2) is 58.1 Å². The average molecular weight is 532 g/mol. The molecule has 2 aromatic carbocycles. The number of Topliss-reactive ketones (excluding diaryl/α,β-unsaturated/α-hetero) is 1. The normalized spacial score (nSPS) is 18.6. The monoisotopic (exact) mass is 531 g/mol. The van der Waals surface area contributed by atoms with Crippen LogP contribution >= 0.6 is 11.8 Å². The number of hydrogen-bond acceptors (Lipinski definition) is 6. The summed E-state index contributed by atoms with van der Waals surface area (Å²) in [6, 6.07) is 14.5. The van der Waals surface area contributed by atoms with Crippen molar-refractivity contribution in [3.8, 4) is 0 Å². The zero-order chi connectivity index (χ0) is 26.6. The third kappa shape index (κ3) is 5.44. The Kier molecular flexibility index (Phi) is 7.76. The number of rotatable bonds is 9. The number of nitrogens with one attached hydrogen (secondary N) is 1. The van der Waals surface area contributed by atoms with Crippen LogP contribution in [0, 0.1) is 0 Å². The largest absolute Gasteiger partial charge is 0.376 e. The topological polar surface area (TPSA) is 97.7 Å². The third-order valence-corrected chi connectivity index (χ3v) is 7.72. The van der Waals surface area contributed by atoms with E-state index in [2.05, 4.69) is 12.2 Å². The minimum Gasteiger partial charge on any atom is -0.376 e. The van der Waals surface area contributed by atoms with Crippen molar-refractivity contribution >= 4 is 51.6 Å². The number of hydrogen-bond donors (Lipinski definition) is 1. The van der Waals surface area contributed by atoms with Crippen molar-refractivity contribution < 1.29 is 23.9 Å². The van der Waals surface area contributed by atoms with E-state index in [-0.39, 0.29) is 35.8 Å². The summed E-state index contributed by atoms with van der Waals surface area (Å²) >= 11 is 0.822. The van der Waals surface area contributed by atoms with E-state index in [1.807, 2.05) is 29.0 Å². The van der Waals surface area contributed by atoms with Gasteiger partial charge in [-0.25, -0.2) is 0 Å². The van der Waals surface area contributed by atoms with Crippen molar-refractivity contribution in [3.05, 3.63) is 76.3 Å². The first kappa shape index (κ1) is 25.9. The van der Waals surface area contributed by atoms with Crippen LogP contribution in [0.3, 0.4) is 0 Å². The molecule has 0 unspecified atom stereocenters. The van der Waals surface area contributed by atoms with E-state index in [9.17, 15) is 19.2 Å². The molecule has 3 heterocycles. The van der Waals surface area contributed by atoms with Gasteiger partial charge >= 0.3 is 0 Å². The van der Waals surface area contributed by atoms with Gasteiger partial charge in [0.15, 0.2) is 5.78 Å². The van der Waals surface area contributed by atoms with E-state index in [1.165, 1.54) is 0 Å². The van der Waals surface area contributed by atoms with Crippen molar-refractivity contribution in [2.45, 2.75) is 38.8 Å². The number of para-hydroxylation sites is 1. The van der Waals surface area contributed by atoms with E-state index in [0.29, 0.717) is 12.1 Å². The number of ketones is 1. The molecule has 9 heteroatoms. The second-order valence-electron chi connectivity index (χ2n) is 9.38. The average Bonchev–Trinajstić information content (AvgIpc) is 3.64. The van der Waals surface area contributed by atoms with Gasteiger partial charge in [0, 0.05) is 35.9 Å². The van der Waals surface area contributed by atoms with Crippen LogP contribution in [0.4, 0.5) is 4.79 Å². The number of carbonyl (C=O) groups is 4. The highest BCUT2D eigenvalue weighted by Crippen LogP contribution is 2.35. The summed E-state index contributed by atoms with van der Waals surface area (Å²) in [4.78, 5) is 52.4. The Bertz CT molecular complexity index is 1420. The molecule has 2 aliphatic rings. The van der Waals surface area contributed by atoms with Crippen molar-refractivity contribution in [2.24, 2.45) is 0 Å². The predicted octanol–water partition coefficient (Wildman–Crippen LogP) is 4.42. The standard InChI is InChI=1S/C29H29N3O5S/c1-2-19-10-6-12-23-21(16-31(27(19)23)18-26(34)30-15-22-11-7-13-37-22)14-25-28(35)32(29(36)38-25)17-24(33)20-8-4-3-5-9-20/h3-6,8-10,12,14,16,22H,2,7,11,13,15,17-18H2,1H3,(H,30,34)/b25-14-/t22-/m0/s1. The van der Waals surface area contributed by atoms with Crippen molar-refractivity contribution in [1.82, 2.24) is 14.8 Å². The molecule has 2 saturated heterocycles. The van der Waals surface area contributed by atoms with E-state index in [0.717, 1.165) is 64.6 Å². The molecule has 196 valence electrons. The SMILES string of the molecule is CCc1cccc2c(/C=C3\SC(=O)N(CC(=O)c4ccccc4)C3=O)cn(CC(=O)NC[C@@H]3CCCO3)c12. The lowest BCUT2D eigenvalue weighted by atomic mass is 10.1. The van der Waals surface area contributed by atoms with E-state index in [1.54, 1.807) is 36.4 Å². The van der Waals surface area contributed by atoms with Crippen LogP contribution in [-0.2, 0) is 27.3 Å². The minimum absolute atomic E-state index is 0.0616. The van der Waals surface area contributed by atoms with Crippen LogP contribution < -0.4 is 5.32 Å². The minimum atomic E-state index is -0.494. The molecule has 0 saturated carbocycles. The molecule has 0 bridgehead atoms. The Balaban J connectivity index is 1.38. The number of benzene rings is 2. The number of thioether (sulfide) groups is 1. The molecule has 1 atom stereocenters. The quantitative estimate of drug-likeness (QED) is 0.324. The highest BCUT2D eigenvalue weighted by Gasteiger charge is 2.36. The maximum absolute atomic E-state index is 13.1. The van der Waals surface area contributed by atoms with Crippen LogP contribution in [0.2, 0.25) is 0 Å². The van der Waals surface area contributed by atoms with Gasteiger partial charge in [0.05, 0.1) is 23.1 Å². The van der Waals surface area contributed by atoms with Crippen molar-refractivity contribution in [1.29, 1.82) is 0 Å². The molecule has 0 aliphatic carbocycles. The van der Waals surface area contributed by atoms with Crippen molar-refractivity contribution in [2.75, 3.05) is 19.7 Å². The summed E-state index contributed by atoms with van der Waals surface area (Å²) in [5, 5.41) is 3.38. The second kappa shape index (κ2) is 11.4. The van der Waals surface area contributed by atoms with Gasteiger partial charge in [0.1, 0.15) is 6.54 Å². The van der Waals surface area contributed by atoms with Gasteiger partial charge in [-0.1, -0.05) is 55.5 Å².